The smallest absolute Gasteiger partial charge is 0.410 e. The summed E-state index contributed by atoms with van der Waals surface area (Å²) in [7, 11) is 0. The molecule has 0 saturated heterocycles. The zero-order valence-electron chi connectivity index (χ0n) is 13.3. The zero-order valence-corrected chi connectivity index (χ0v) is 13.3. The Hall–Kier alpha value is -2.11. The van der Waals surface area contributed by atoms with Gasteiger partial charge < -0.3 is 9.64 Å². The maximum atomic E-state index is 12.3. The quantitative estimate of drug-likeness (QED) is 0.739. The van der Waals surface area contributed by atoms with Crippen LogP contribution in [-0.2, 0) is 17.8 Å². The highest BCUT2D eigenvalue weighted by atomic mass is 16.6. The normalized spacial score (nSPS) is 17.8. The van der Waals surface area contributed by atoms with Gasteiger partial charge in [0.15, 0.2) is 5.78 Å². The summed E-state index contributed by atoms with van der Waals surface area (Å²) in [5.41, 5.74) is 1.69. The second kappa shape index (κ2) is 5.26. The van der Waals surface area contributed by atoms with E-state index in [2.05, 4.69) is 5.10 Å². The Morgan fingerprint density at radius 2 is 2.09 bits per heavy atom. The van der Waals surface area contributed by atoms with Gasteiger partial charge in [-0.2, -0.15) is 5.10 Å². The summed E-state index contributed by atoms with van der Waals surface area (Å²) in [5.74, 6) is 0.104. The lowest BCUT2D eigenvalue weighted by atomic mass is 10.1. The molecule has 0 unspecified atom stereocenters. The van der Waals surface area contributed by atoms with Crippen molar-refractivity contribution in [2.24, 2.45) is 0 Å². The summed E-state index contributed by atoms with van der Waals surface area (Å²) in [6, 6.07) is 0. The van der Waals surface area contributed by atoms with Gasteiger partial charge in [-0.3, -0.25) is 9.48 Å². The van der Waals surface area contributed by atoms with E-state index in [1.54, 1.807) is 4.90 Å². The molecule has 1 aliphatic carbocycles. The Balaban J connectivity index is 1.87. The third-order valence-corrected chi connectivity index (χ3v) is 3.75. The average molecular weight is 303 g/mol. The van der Waals surface area contributed by atoms with Crippen molar-refractivity contribution in [2.45, 2.75) is 52.3 Å². The van der Waals surface area contributed by atoms with E-state index in [0.29, 0.717) is 31.6 Å². The van der Waals surface area contributed by atoms with Gasteiger partial charge in [0.05, 0.1) is 30.0 Å². The summed E-state index contributed by atoms with van der Waals surface area (Å²) in [4.78, 5) is 26.2. The van der Waals surface area contributed by atoms with Crippen molar-refractivity contribution in [2.75, 3.05) is 6.54 Å². The molecule has 118 valence electrons. The van der Waals surface area contributed by atoms with Gasteiger partial charge in [-0.15, -0.1) is 0 Å². The molecule has 6 nitrogen and oxygen atoms in total. The third-order valence-electron chi connectivity index (χ3n) is 3.75. The van der Waals surface area contributed by atoms with Crippen LogP contribution in [0.2, 0.25) is 0 Å². The molecular formula is C16H21N3O3. The molecule has 2 heterocycles. The van der Waals surface area contributed by atoms with E-state index in [1.807, 2.05) is 37.6 Å². The molecule has 3 rings (SSSR count). The van der Waals surface area contributed by atoms with E-state index in [9.17, 15) is 9.59 Å². The minimum Gasteiger partial charge on any atom is -0.444 e. The first-order valence-electron chi connectivity index (χ1n) is 7.62. The largest absolute Gasteiger partial charge is 0.444 e. The average Bonchev–Trinajstić information content (AvgIpc) is 2.68. The maximum Gasteiger partial charge on any atom is 0.410 e. The van der Waals surface area contributed by atoms with Crippen LogP contribution in [0.3, 0.4) is 0 Å². The first kappa shape index (κ1) is 14.8. The topological polar surface area (TPSA) is 64.4 Å². The molecule has 1 amide bonds. The highest BCUT2D eigenvalue weighted by molar-refractivity contribution is 6.01. The van der Waals surface area contributed by atoms with E-state index >= 15 is 0 Å². The summed E-state index contributed by atoms with van der Waals surface area (Å²) >= 11 is 0. The highest BCUT2D eigenvalue weighted by Crippen LogP contribution is 2.26. The number of nitrogens with zero attached hydrogens (tertiary/aromatic N) is 3. The number of carbonyl (C=O) groups is 2. The fourth-order valence-corrected chi connectivity index (χ4v) is 2.78. The number of hydrogen-bond acceptors (Lipinski definition) is 4. The number of rotatable bonds is 0. The zero-order chi connectivity index (χ0) is 15.9. The molecule has 0 saturated carbocycles. The molecule has 0 fully saturated rings. The van der Waals surface area contributed by atoms with Crippen LogP contribution in [0.5, 0.6) is 0 Å². The molecule has 0 bridgehead atoms. The molecule has 2 aliphatic rings. The maximum absolute atomic E-state index is 12.3. The van der Waals surface area contributed by atoms with Crippen LogP contribution in [-0.4, -0.2) is 38.7 Å². The molecule has 0 radical (unpaired) electrons. The molecule has 22 heavy (non-hydrogen) atoms. The van der Waals surface area contributed by atoms with E-state index in [1.165, 1.54) is 0 Å². The first-order chi connectivity index (χ1) is 10.3. The minimum absolute atomic E-state index is 0.104. The highest BCUT2D eigenvalue weighted by Gasteiger charge is 2.31. The molecule has 0 atom stereocenters. The van der Waals surface area contributed by atoms with Crippen LogP contribution in [0, 0.1) is 0 Å². The Kier molecular flexibility index (Phi) is 3.54. The lowest BCUT2D eigenvalue weighted by Crippen LogP contribution is -2.42. The Bertz CT molecular complexity index is 652. The number of ether oxygens (including phenoxy) is 1. The van der Waals surface area contributed by atoms with E-state index in [0.717, 1.165) is 17.8 Å². The van der Waals surface area contributed by atoms with Crippen LogP contribution < -0.4 is 0 Å². The molecule has 6 heteroatoms. The van der Waals surface area contributed by atoms with Crippen molar-refractivity contribution in [1.82, 2.24) is 14.7 Å². The SMILES string of the molecule is CC(C)(C)OC(=O)N1CCn2nc3c(c2C1)C(=O)CCC=C3. The molecular weight excluding hydrogens is 282 g/mol. The van der Waals surface area contributed by atoms with Crippen molar-refractivity contribution in [3.8, 4) is 0 Å². The summed E-state index contributed by atoms with van der Waals surface area (Å²) in [6.07, 6.45) is 4.78. The predicted molar refractivity (Wildman–Crippen MR) is 81.5 cm³/mol. The van der Waals surface area contributed by atoms with Crippen molar-refractivity contribution >= 4 is 18.0 Å². The molecule has 1 aliphatic heterocycles. The second-order valence-electron chi connectivity index (χ2n) is 6.70. The molecule has 1 aromatic heterocycles. The number of amides is 1. The van der Waals surface area contributed by atoms with Crippen LogP contribution in [0.4, 0.5) is 4.79 Å². The lowest BCUT2D eigenvalue weighted by Gasteiger charge is -2.30. The van der Waals surface area contributed by atoms with E-state index < -0.39 is 5.60 Å². The number of ketones is 1. The van der Waals surface area contributed by atoms with Gasteiger partial charge in [-0.05, 0) is 33.3 Å². The van der Waals surface area contributed by atoms with Gasteiger partial charge in [-0.25, -0.2) is 4.79 Å². The molecule has 0 aromatic carbocycles. The van der Waals surface area contributed by atoms with Crippen molar-refractivity contribution in [3.05, 3.63) is 23.0 Å². The predicted octanol–water partition coefficient (Wildman–Crippen LogP) is 2.62. The number of fused-ring (bicyclic) bond motifs is 3. The number of allylic oxidation sites excluding steroid dienone is 1. The van der Waals surface area contributed by atoms with Gasteiger partial charge in [0, 0.05) is 13.0 Å². The Labute approximate surface area is 129 Å². The molecule has 0 spiro atoms. The number of Topliss-reactive ketones (excluding diaryl/α,β-unsaturated/α-hetero) is 1. The van der Waals surface area contributed by atoms with E-state index in [4.69, 9.17) is 4.74 Å². The second-order valence-corrected chi connectivity index (χ2v) is 6.70. The fraction of sp³-hybridized carbons (Fsp3) is 0.562. The lowest BCUT2D eigenvalue weighted by molar-refractivity contribution is 0.0193. The van der Waals surface area contributed by atoms with Crippen molar-refractivity contribution in [3.63, 3.8) is 0 Å². The van der Waals surface area contributed by atoms with Crippen LogP contribution in [0.15, 0.2) is 6.08 Å². The van der Waals surface area contributed by atoms with Crippen molar-refractivity contribution < 1.29 is 14.3 Å². The molecule has 0 N–H and O–H groups in total. The Morgan fingerprint density at radius 3 is 2.82 bits per heavy atom. The summed E-state index contributed by atoms with van der Waals surface area (Å²) < 4.78 is 7.27. The number of aromatic nitrogens is 2. The first-order valence-corrected chi connectivity index (χ1v) is 7.62. The fourth-order valence-electron chi connectivity index (χ4n) is 2.78. The van der Waals surface area contributed by atoms with Gasteiger partial charge in [-0.1, -0.05) is 6.08 Å². The van der Waals surface area contributed by atoms with Crippen LogP contribution in [0.1, 0.15) is 55.4 Å². The summed E-state index contributed by atoms with van der Waals surface area (Å²) in [6.45, 7) is 7.04. The van der Waals surface area contributed by atoms with E-state index in [-0.39, 0.29) is 11.9 Å². The van der Waals surface area contributed by atoms with Gasteiger partial charge in [0.2, 0.25) is 0 Å². The standard InChI is InChI=1S/C16H21N3O3/c1-16(2,3)22-15(21)18-8-9-19-12(10-18)14-11(17-19)6-4-5-7-13(14)20/h4,6H,5,7-10H2,1-3H3. The van der Waals surface area contributed by atoms with Crippen LogP contribution in [0.25, 0.3) is 6.08 Å². The Morgan fingerprint density at radius 1 is 1.32 bits per heavy atom. The van der Waals surface area contributed by atoms with Gasteiger partial charge in [0.25, 0.3) is 0 Å². The van der Waals surface area contributed by atoms with Gasteiger partial charge >= 0.3 is 6.09 Å². The summed E-state index contributed by atoms with van der Waals surface area (Å²) in [5, 5.41) is 4.50. The van der Waals surface area contributed by atoms with Crippen LogP contribution >= 0.6 is 0 Å². The number of hydrogen-bond donors (Lipinski definition) is 0. The third kappa shape index (κ3) is 2.77. The van der Waals surface area contributed by atoms with Crippen molar-refractivity contribution in [1.29, 1.82) is 0 Å². The number of carbonyl (C=O) groups excluding carboxylic acids is 2. The molecule has 1 aromatic rings. The minimum atomic E-state index is -0.524. The monoisotopic (exact) mass is 303 g/mol. The van der Waals surface area contributed by atoms with Gasteiger partial charge in [0.1, 0.15) is 5.60 Å².